The van der Waals surface area contributed by atoms with Crippen LogP contribution >= 0.6 is 15.9 Å². The number of nitrogens with zero attached hydrogens (tertiary/aromatic N) is 2. The van der Waals surface area contributed by atoms with Crippen LogP contribution in [0, 0.1) is 0 Å². The highest BCUT2D eigenvalue weighted by molar-refractivity contribution is 9.10. The molecule has 5 nitrogen and oxygen atoms in total. The van der Waals surface area contributed by atoms with Crippen LogP contribution in [-0.4, -0.2) is 46.7 Å². The molecule has 132 valence electrons. The van der Waals surface area contributed by atoms with Gasteiger partial charge in [0.05, 0.1) is 37.6 Å². The molecule has 1 aliphatic rings. The summed E-state index contributed by atoms with van der Waals surface area (Å²) in [6.45, 7) is 3.44. The second kappa shape index (κ2) is 8.36. The standard InChI is InChI=1S/C19H21BrN2O3/c1-23-18-12-14(11-17(20)19(18)24-2)13-21-15-3-5-16(6-4-15)22-7-9-25-10-8-22/h3-6,11-13H,7-10H2,1-2H3. The molecule has 1 heterocycles. The van der Waals surface area contributed by atoms with Gasteiger partial charge in [0.15, 0.2) is 11.5 Å². The van der Waals surface area contributed by atoms with E-state index in [-0.39, 0.29) is 0 Å². The average Bonchev–Trinajstić information content (AvgIpc) is 2.67. The first-order valence-corrected chi connectivity index (χ1v) is 8.89. The van der Waals surface area contributed by atoms with Crippen molar-refractivity contribution in [3.05, 3.63) is 46.4 Å². The number of benzene rings is 2. The largest absolute Gasteiger partial charge is 0.493 e. The monoisotopic (exact) mass is 404 g/mol. The molecule has 3 rings (SSSR count). The molecule has 2 aromatic rings. The molecule has 0 atom stereocenters. The number of halogens is 1. The van der Waals surface area contributed by atoms with Crippen molar-refractivity contribution in [1.29, 1.82) is 0 Å². The topological polar surface area (TPSA) is 43.3 Å². The van der Waals surface area contributed by atoms with Crippen molar-refractivity contribution in [2.75, 3.05) is 45.4 Å². The molecule has 0 radical (unpaired) electrons. The van der Waals surface area contributed by atoms with Gasteiger partial charge in [0, 0.05) is 25.0 Å². The second-order valence-electron chi connectivity index (χ2n) is 5.61. The van der Waals surface area contributed by atoms with Crippen molar-refractivity contribution >= 4 is 33.5 Å². The minimum Gasteiger partial charge on any atom is -0.493 e. The summed E-state index contributed by atoms with van der Waals surface area (Å²) in [6.07, 6.45) is 1.82. The Morgan fingerprint density at radius 3 is 2.44 bits per heavy atom. The number of morpholine rings is 1. The Hall–Kier alpha value is -2.05. The second-order valence-corrected chi connectivity index (χ2v) is 6.47. The zero-order chi connectivity index (χ0) is 17.6. The number of hydrogen-bond donors (Lipinski definition) is 0. The van der Waals surface area contributed by atoms with Crippen LogP contribution in [0.25, 0.3) is 0 Å². The quantitative estimate of drug-likeness (QED) is 0.704. The maximum atomic E-state index is 5.39. The predicted molar refractivity (Wildman–Crippen MR) is 104 cm³/mol. The van der Waals surface area contributed by atoms with Gasteiger partial charge in [0.25, 0.3) is 0 Å². The zero-order valence-corrected chi connectivity index (χ0v) is 16.0. The number of rotatable bonds is 5. The fraction of sp³-hybridized carbons (Fsp3) is 0.316. The molecule has 1 aliphatic heterocycles. The van der Waals surface area contributed by atoms with Crippen LogP contribution < -0.4 is 14.4 Å². The first-order chi connectivity index (χ1) is 12.2. The third-order valence-electron chi connectivity index (χ3n) is 4.04. The lowest BCUT2D eigenvalue weighted by Crippen LogP contribution is -2.36. The van der Waals surface area contributed by atoms with E-state index in [1.165, 1.54) is 5.69 Å². The first-order valence-electron chi connectivity index (χ1n) is 8.09. The summed E-state index contributed by atoms with van der Waals surface area (Å²) >= 11 is 3.50. The van der Waals surface area contributed by atoms with E-state index in [9.17, 15) is 0 Å². The zero-order valence-electron chi connectivity index (χ0n) is 14.4. The van der Waals surface area contributed by atoms with Crippen molar-refractivity contribution in [2.45, 2.75) is 0 Å². The minimum absolute atomic E-state index is 0.668. The Labute approximate surface area is 156 Å². The lowest BCUT2D eigenvalue weighted by atomic mass is 10.2. The fourth-order valence-corrected chi connectivity index (χ4v) is 3.35. The van der Waals surface area contributed by atoms with Crippen LogP contribution in [0.15, 0.2) is 45.9 Å². The van der Waals surface area contributed by atoms with Gasteiger partial charge in [-0.25, -0.2) is 0 Å². The molecule has 0 aromatic heterocycles. The van der Waals surface area contributed by atoms with E-state index >= 15 is 0 Å². The maximum absolute atomic E-state index is 5.39. The Bertz CT molecular complexity index is 741. The SMILES string of the molecule is COc1cc(C=Nc2ccc(N3CCOCC3)cc2)cc(Br)c1OC. The summed E-state index contributed by atoms with van der Waals surface area (Å²) in [6, 6.07) is 12.1. The Morgan fingerprint density at radius 1 is 1.08 bits per heavy atom. The molecule has 0 N–H and O–H groups in total. The van der Waals surface area contributed by atoms with Gasteiger partial charge in [-0.3, -0.25) is 4.99 Å². The third kappa shape index (κ3) is 4.32. The van der Waals surface area contributed by atoms with Gasteiger partial charge in [-0.2, -0.15) is 0 Å². The highest BCUT2D eigenvalue weighted by Gasteiger charge is 2.11. The van der Waals surface area contributed by atoms with Gasteiger partial charge in [-0.15, -0.1) is 0 Å². The number of anilines is 1. The van der Waals surface area contributed by atoms with Crippen LogP contribution in [-0.2, 0) is 4.74 Å². The number of aliphatic imine (C=N–C) groups is 1. The van der Waals surface area contributed by atoms with Gasteiger partial charge in [-0.05, 0) is 57.9 Å². The van der Waals surface area contributed by atoms with E-state index in [4.69, 9.17) is 14.2 Å². The van der Waals surface area contributed by atoms with Crippen LogP contribution in [0.5, 0.6) is 11.5 Å². The van der Waals surface area contributed by atoms with Crippen LogP contribution in [0.3, 0.4) is 0 Å². The molecular formula is C19H21BrN2O3. The molecule has 2 aromatic carbocycles. The highest BCUT2D eigenvalue weighted by atomic mass is 79.9. The molecule has 1 saturated heterocycles. The highest BCUT2D eigenvalue weighted by Crippen LogP contribution is 2.36. The Kier molecular flexibility index (Phi) is 5.94. The van der Waals surface area contributed by atoms with Gasteiger partial charge in [0.1, 0.15) is 0 Å². The summed E-state index contributed by atoms with van der Waals surface area (Å²) in [4.78, 5) is 6.87. The van der Waals surface area contributed by atoms with Crippen molar-refractivity contribution in [3.63, 3.8) is 0 Å². The lowest BCUT2D eigenvalue weighted by Gasteiger charge is -2.28. The van der Waals surface area contributed by atoms with E-state index < -0.39 is 0 Å². The molecule has 1 fully saturated rings. The summed E-state index contributed by atoms with van der Waals surface area (Å²) in [5.74, 6) is 1.34. The summed E-state index contributed by atoms with van der Waals surface area (Å²) in [5.41, 5.74) is 3.04. The lowest BCUT2D eigenvalue weighted by molar-refractivity contribution is 0.122. The summed E-state index contributed by atoms with van der Waals surface area (Å²) < 4.78 is 16.9. The van der Waals surface area contributed by atoms with Crippen molar-refractivity contribution in [2.24, 2.45) is 4.99 Å². The van der Waals surface area contributed by atoms with Gasteiger partial charge in [-0.1, -0.05) is 0 Å². The number of hydrogen-bond acceptors (Lipinski definition) is 5. The van der Waals surface area contributed by atoms with Crippen molar-refractivity contribution < 1.29 is 14.2 Å². The molecule has 0 spiro atoms. The predicted octanol–water partition coefficient (Wildman–Crippen LogP) is 4.05. The Balaban J connectivity index is 1.74. The van der Waals surface area contributed by atoms with E-state index in [0.717, 1.165) is 42.0 Å². The average molecular weight is 405 g/mol. The molecular weight excluding hydrogens is 384 g/mol. The normalized spacial score (nSPS) is 14.8. The van der Waals surface area contributed by atoms with Crippen LogP contribution in [0.4, 0.5) is 11.4 Å². The summed E-state index contributed by atoms with van der Waals surface area (Å²) in [7, 11) is 3.24. The number of ether oxygens (including phenoxy) is 3. The first kappa shape index (κ1) is 17.8. The molecule has 0 saturated carbocycles. The smallest absolute Gasteiger partial charge is 0.174 e. The van der Waals surface area contributed by atoms with E-state index in [0.29, 0.717) is 11.5 Å². The van der Waals surface area contributed by atoms with Crippen LogP contribution in [0.2, 0.25) is 0 Å². The molecule has 0 aliphatic carbocycles. The summed E-state index contributed by atoms with van der Waals surface area (Å²) in [5, 5.41) is 0. The van der Waals surface area contributed by atoms with Crippen molar-refractivity contribution in [3.8, 4) is 11.5 Å². The molecule has 0 amide bonds. The maximum Gasteiger partial charge on any atom is 0.174 e. The van der Waals surface area contributed by atoms with Crippen molar-refractivity contribution in [1.82, 2.24) is 0 Å². The van der Waals surface area contributed by atoms with Crippen LogP contribution in [0.1, 0.15) is 5.56 Å². The van der Waals surface area contributed by atoms with Gasteiger partial charge >= 0.3 is 0 Å². The molecule has 0 bridgehead atoms. The number of methoxy groups -OCH3 is 2. The van der Waals surface area contributed by atoms with Gasteiger partial charge < -0.3 is 19.1 Å². The van der Waals surface area contributed by atoms with E-state index in [2.05, 4.69) is 38.0 Å². The van der Waals surface area contributed by atoms with Gasteiger partial charge in [0.2, 0.25) is 0 Å². The molecule has 0 unspecified atom stereocenters. The third-order valence-corrected chi connectivity index (χ3v) is 4.63. The molecule has 6 heteroatoms. The fourth-order valence-electron chi connectivity index (χ4n) is 2.73. The van der Waals surface area contributed by atoms with E-state index in [1.54, 1.807) is 14.2 Å². The minimum atomic E-state index is 0.668. The Morgan fingerprint density at radius 2 is 1.80 bits per heavy atom. The molecule has 25 heavy (non-hydrogen) atoms. The van der Waals surface area contributed by atoms with E-state index in [1.807, 2.05) is 30.5 Å².